The molecule has 2 aromatic heterocycles. The molecule has 0 amide bonds. The molecule has 2 heterocycles. The molecule has 0 spiro atoms. The summed E-state index contributed by atoms with van der Waals surface area (Å²) in [6.07, 6.45) is 2.12. The van der Waals surface area contributed by atoms with Gasteiger partial charge in [-0.1, -0.05) is 11.3 Å². The van der Waals surface area contributed by atoms with E-state index in [-0.39, 0.29) is 21.4 Å². The van der Waals surface area contributed by atoms with Gasteiger partial charge in [0.25, 0.3) is 0 Å². The highest BCUT2D eigenvalue weighted by Gasteiger charge is 2.25. The number of nitro groups is 1. The summed E-state index contributed by atoms with van der Waals surface area (Å²) < 4.78 is 26.5. The third kappa shape index (κ3) is 3.75. The number of thiophene rings is 1. The molecule has 0 saturated heterocycles. The van der Waals surface area contributed by atoms with E-state index < -0.39 is 14.9 Å². The Morgan fingerprint density at radius 1 is 1.48 bits per heavy atom. The Hall–Kier alpha value is -1.56. The molecular weight excluding hydrogens is 336 g/mol. The van der Waals surface area contributed by atoms with Crippen LogP contribution in [-0.2, 0) is 16.4 Å². The molecule has 2 rings (SSSR count). The van der Waals surface area contributed by atoms with E-state index in [1.165, 1.54) is 18.4 Å². The molecule has 0 aliphatic carbocycles. The van der Waals surface area contributed by atoms with Crippen LogP contribution in [0.3, 0.4) is 0 Å². The molecule has 0 aliphatic rings. The minimum Gasteiger partial charge on any atom is -0.374 e. The Morgan fingerprint density at radius 3 is 2.76 bits per heavy atom. The van der Waals surface area contributed by atoms with Crippen LogP contribution >= 0.6 is 22.7 Å². The molecule has 0 aliphatic heterocycles. The lowest BCUT2D eigenvalue weighted by Gasteiger charge is -2.02. The fraction of sp³-hybridized carbons (Fsp3) is 0.300. The first-order valence-corrected chi connectivity index (χ1v) is 8.96. The predicted octanol–water partition coefficient (Wildman–Crippen LogP) is 1.68. The summed E-state index contributed by atoms with van der Waals surface area (Å²) in [5, 5.41) is 16.3. The van der Waals surface area contributed by atoms with Crippen LogP contribution in [0, 0.1) is 10.1 Å². The summed E-state index contributed by atoms with van der Waals surface area (Å²) in [7, 11) is -2.25. The number of rotatable bonds is 7. The Morgan fingerprint density at radius 2 is 2.24 bits per heavy atom. The summed E-state index contributed by atoms with van der Waals surface area (Å²) in [5.41, 5.74) is -0.247. The van der Waals surface area contributed by atoms with Gasteiger partial charge in [-0.3, -0.25) is 10.1 Å². The maximum Gasteiger partial charge on any atom is 0.304 e. The van der Waals surface area contributed by atoms with Crippen LogP contribution in [0.5, 0.6) is 0 Å². The molecule has 0 unspecified atom stereocenters. The van der Waals surface area contributed by atoms with Crippen LogP contribution in [0.4, 0.5) is 10.7 Å². The highest BCUT2D eigenvalue weighted by atomic mass is 32.2. The Kier molecular flexibility index (Phi) is 4.88. The Labute approximate surface area is 129 Å². The number of hydrogen-bond acceptors (Lipinski definition) is 8. The number of thiazole rings is 1. The summed E-state index contributed by atoms with van der Waals surface area (Å²) in [4.78, 5) is 14.3. The van der Waals surface area contributed by atoms with Crippen molar-refractivity contribution >= 4 is 43.4 Å². The van der Waals surface area contributed by atoms with Crippen LogP contribution in [0.2, 0.25) is 0 Å². The van der Waals surface area contributed by atoms with Crippen LogP contribution in [0.25, 0.3) is 0 Å². The van der Waals surface area contributed by atoms with Gasteiger partial charge in [-0.25, -0.2) is 18.1 Å². The monoisotopic (exact) mass is 348 g/mol. The largest absolute Gasteiger partial charge is 0.374 e. The maximum absolute atomic E-state index is 12.1. The van der Waals surface area contributed by atoms with E-state index in [9.17, 15) is 18.5 Å². The van der Waals surface area contributed by atoms with Crippen molar-refractivity contribution in [2.24, 2.45) is 0 Å². The molecule has 0 radical (unpaired) electrons. The highest BCUT2D eigenvalue weighted by Crippen LogP contribution is 2.36. The van der Waals surface area contributed by atoms with E-state index in [0.29, 0.717) is 6.42 Å². The second-order valence-electron chi connectivity index (χ2n) is 3.86. The first-order valence-electron chi connectivity index (χ1n) is 5.78. The van der Waals surface area contributed by atoms with E-state index in [1.54, 1.807) is 6.20 Å². The van der Waals surface area contributed by atoms with Gasteiger partial charge < -0.3 is 5.32 Å². The summed E-state index contributed by atoms with van der Waals surface area (Å²) in [6, 6.07) is 1.06. The first kappa shape index (κ1) is 15.8. The van der Waals surface area contributed by atoms with Gasteiger partial charge in [0, 0.05) is 37.7 Å². The number of anilines is 1. The SMILES string of the molecule is CNc1sc(S(=O)(=O)NCCc2nccs2)cc1[N+](=O)[O-]. The van der Waals surface area contributed by atoms with Gasteiger partial charge in [0.1, 0.15) is 4.21 Å². The molecular formula is C10H12N4O4S3. The van der Waals surface area contributed by atoms with Crippen LogP contribution < -0.4 is 10.0 Å². The minimum atomic E-state index is -3.76. The van der Waals surface area contributed by atoms with Gasteiger partial charge >= 0.3 is 5.69 Å². The quantitative estimate of drug-likeness (QED) is 0.581. The fourth-order valence-electron chi connectivity index (χ4n) is 1.55. The van der Waals surface area contributed by atoms with Crippen LogP contribution in [-0.4, -0.2) is 31.9 Å². The number of aromatic nitrogens is 1. The van der Waals surface area contributed by atoms with Crippen molar-refractivity contribution in [3.8, 4) is 0 Å². The molecule has 2 N–H and O–H groups in total. The topological polar surface area (TPSA) is 114 Å². The minimum absolute atomic E-state index is 0.0855. The van der Waals surface area contributed by atoms with Crippen molar-refractivity contribution in [2.45, 2.75) is 10.6 Å². The van der Waals surface area contributed by atoms with E-state index in [2.05, 4.69) is 15.0 Å². The van der Waals surface area contributed by atoms with Crippen molar-refractivity contribution in [1.29, 1.82) is 0 Å². The lowest BCUT2D eigenvalue weighted by atomic mass is 10.5. The standard InChI is InChI=1S/C10H12N4O4S3/c1-11-10-7(14(15)16)6-9(20-10)21(17,18)13-3-2-8-12-4-5-19-8/h4-6,11,13H,2-3H2,1H3. The molecule has 21 heavy (non-hydrogen) atoms. The van der Waals surface area contributed by atoms with Crippen molar-refractivity contribution < 1.29 is 13.3 Å². The van der Waals surface area contributed by atoms with E-state index in [1.807, 2.05) is 5.38 Å². The molecule has 114 valence electrons. The predicted molar refractivity (Wildman–Crippen MR) is 81.5 cm³/mol. The normalized spacial score (nSPS) is 11.5. The summed E-state index contributed by atoms with van der Waals surface area (Å²) in [6.45, 7) is 0.191. The first-order chi connectivity index (χ1) is 9.94. The highest BCUT2D eigenvalue weighted by molar-refractivity contribution is 7.91. The van der Waals surface area contributed by atoms with E-state index in [0.717, 1.165) is 22.4 Å². The smallest absolute Gasteiger partial charge is 0.304 e. The van der Waals surface area contributed by atoms with Gasteiger partial charge in [0.05, 0.1) is 9.93 Å². The molecule has 0 fully saturated rings. The van der Waals surface area contributed by atoms with E-state index in [4.69, 9.17) is 0 Å². The average Bonchev–Trinajstić information content (AvgIpc) is 3.07. The number of hydrogen-bond donors (Lipinski definition) is 2. The third-order valence-corrected chi connectivity index (χ3v) is 6.41. The zero-order valence-electron chi connectivity index (χ0n) is 10.9. The van der Waals surface area contributed by atoms with Gasteiger partial charge in [-0.05, 0) is 0 Å². The van der Waals surface area contributed by atoms with Crippen LogP contribution in [0.15, 0.2) is 21.9 Å². The number of nitrogens with one attached hydrogen (secondary N) is 2. The van der Waals surface area contributed by atoms with Gasteiger partial charge in [0.15, 0.2) is 5.00 Å². The van der Waals surface area contributed by atoms with Crippen molar-refractivity contribution in [3.63, 3.8) is 0 Å². The Bertz CT molecular complexity index is 724. The molecule has 0 bridgehead atoms. The lowest BCUT2D eigenvalue weighted by molar-refractivity contribution is -0.383. The third-order valence-electron chi connectivity index (χ3n) is 2.49. The van der Waals surface area contributed by atoms with Gasteiger partial charge in [0.2, 0.25) is 10.0 Å². The molecule has 11 heteroatoms. The van der Waals surface area contributed by atoms with Gasteiger partial charge in [-0.2, -0.15) is 0 Å². The zero-order valence-corrected chi connectivity index (χ0v) is 13.3. The number of nitrogens with zero attached hydrogens (tertiary/aromatic N) is 2. The van der Waals surface area contributed by atoms with Crippen molar-refractivity contribution in [2.75, 3.05) is 18.9 Å². The second-order valence-corrected chi connectivity index (χ2v) is 7.89. The molecule has 8 nitrogen and oxygen atoms in total. The van der Waals surface area contributed by atoms with Crippen molar-refractivity contribution in [3.05, 3.63) is 32.8 Å². The van der Waals surface area contributed by atoms with E-state index >= 15 is 0 Å². The fourth-order valence-corrected chi connectivity index (χ4v) is 4.52. The maximum atomic E-state index is 12.1. The lowest BCUT2D eigenvalue weighted by Crippen LogP contribution is -2.25. The number of sulfonamides is 1. The second kappa shape index (κ2) is 6.47. The zero-order chi connectivity index (χ0) is 15.5. The molecule has 0 aromatic carbocycles. The molecule has 2 aromatic rings. The Balaban J connectivity index is 2.10. The summed E-state index contributed by atoms with van der Waals surface area (Å²) in [5.74, 6) is 0. The molecule has 0 saturated carbocycles. The molecule has 0 atom stereocenters. The van der Waals surface area contributed by atoms with Crippen LogP contribution in [0.1, 0.15) is 5.01 Å². The van der Waals surface area contributed by atoms with Crippen molar-refractivity contribution in [1.82, 2.24) is 9.71 Å². The summed E-state index contributed by atoms with van der Waals surface area (Å²) >= 11 is 2.27. The average molecular weight is 348 g/mol. The van der Waals surface area contributed by atoms with Gasteiger partial charge in [-0.15, -0.1) is 11.3 Å².